The van der Waals surface area contributed by atoms with Crippen molar-refractivity contribution >= 4 is 23.2 Å². The fourth-order valence-corrected chi connectivity index (χ4v) is 2.35. The Morgan fingerprint density at radius 1 is 1.25 bits per heavy atom. The molecule has 0 spiro atoms. The van der Waals surface area contributed by atoms with Gasteiger partial charge in [-0.15, -0.1) is 0 Å². The van der Waals surface area contributed by atoms with Gasteiger partial charge in [-0.25, -0.2) is 0 Å². The van der Waals surface area contributed by atoms with E-state index >= 15 is 0 Å². The second-order valence-corrected chi connectivity index (χ2v) is 5.49. The maximum absolute atomic E-state index is 12.0. The molecule has 2 aromatic carbocycles. The topological polar surface area (TPSA) is 59.9 Å². The molecule has 0 bridgehead atoms. The van der Waals surface area contributed by atoms with Crippen LogP contribution in [0.1, 0.15) is 16.7 Å². The zero-order chi connectivity index (χ0) is 17.5. The Hall–Kier alpha value is -2.53. The first-order valence-corrected chi connectivity index (χ1v) is 7.75. The first-order valence-electron chi connectivity index (χ1n) is 7.37. The Morgan fingerprint density at radius 2 is 2.00 bits per heavy atom. The number of aryl methyl sites for hydroxylation is 1. The number of ether oxygens (including phenoxy) is 1. The largest absolute Gasteiger partial charge is 0.487 e. The zero-order valence-corrected chi connectivity index (χ0v) is 14.6. The van der Waals surface area contributed by atoms with Crippen molar-refractivity contribution in [1.29, 1.82) is 0 Å². The van der Waals surface area contributed by atoms with Gasteiger partial charge in [0.1, 0.15) is 19.5 Å². The lowest BCUT2D eigenvalue weighted by atomic mass is 10.0. The van der Waals surface area contributed by atoms with Crippen molar-refractivity contribution in [2.75, 3.05) is 14.2 Å². The van der Waals surface area contributed by atoms with Crippen molar-refractivity contribution in [2.45, 2.75) is 13.5 Å². The lowest BCUT2D eigenvalue weighted by Gasteiger charge is -2.13. The van der Waals surface area contributed by atoms with Crippen LogP contribution in [0, 0.1) is 6.92 Å². The maximum atomic E-state index is 12.0. The molecule has 0 heterocycles. The van der Waals surface area contributed by atoms with E-state index in [0.29, 0.717) is 16.3 Å². The Bertz CT molecular complexity index is 760. The summed E-state index contributed by atoms with van der Waals surface area (Å²) in [4.78, 5) is 16.8. The standard InChI is InChI=1S/C18H19ClN2O3/c1-12-8-9-15(19)16(10-12)24-11-13-6-4-5-7-14(13)17(21-23-3)18(22)20-2/h4-10H,11H2,1-3H3,(H,20,22)/b21-17+. The summed E-state index contributed by atoms with van der Waals surface area (Å²) in [6, 6.07) is 12.9. The number of amides is 1. The highest BCUT2D eigenvalue weighted by atomic mass is 35.5. The van der Waals surface area contributed by atoms with Crippen LogP contribution >= 0.6 is 11.6 Å². The number of carbonyl (C=O) groups excluding carboxylic acids is 1. The monoisotopic (exact) mass is 346 g/mol. The summed E-state index contributed by atoms with van der Waals surface area (Å²) in [6.45, 7) is 2.21. The summed E-state index contributed by atoms with van der Waals surface area (Å²) in [5.74, 6) is 0.259. The fourth-order valence-electron chi connectivity index (χ4n) is 2.18. The Morgan fingerprint density at radius 3 is 2.71 bits per heavy atom. The maximum Gasteiger partial charge on any atom is 0.273 e. The number of hydrogen-bond donors (Lipinski definition) is 1. The molecule has 0 aliphatic heterocycles. The average molecular weight is 347 g/mol. The molecule has 6 heteroatoms. The molecule has 2 aromatic rings. The molecule has 126 valence electrons. The van der Waals surface area contributed by atoms with Gasteiger partial charge < -0.3 is 14.9 Å². The van der Waals surface area contributed by atoms with Gasteiger partial charge in [-0.05, 0) is 30.2 Å². The smallest absolute Gasteiger partial charge is 0.273 e. The summed E-state index contributed by atoms with van der Waals surface area (Å²) in [7, 11) is 2.94. The second kappa shape index (κ2) is 8.36. The molecular weight excluding hydrogens is 328 g/mol. The lowest BCUT2D eigenvalue weighted by molar-refractivity contribution is -0.114. The van der Waals surface area contributed by atoms with Gasteiger partial charge in [-0.3, -0.25) is 4.79 Å². The van der Waals surface area contributed by atoms with Gasteiger partial charge >= 0.3 is 0 Å². The predicted octanol–water partition coefficient (Wildman–Crippen LogP) is 3.32. The molecule has 2 rings (SSSR count). The van der Waals surface area contributed by atoms with E-state index in [1.54, 1.807) is 19.2 Å². The molecule has 1 N–H and O–H groups in total. The normalized spacial score (nSPS) is 11.1. The van der Waals surface area contributed by atoms with Crippen molar-refractivity contribution in [3.05, 3.63) is 64.2 Å². The molecule has 0 unspecified atom stereocenters. The van der Waals surface area contributed by atoms with Crippen molar-refractivity contribution in [3.8, 4) is 5.75 Å². The minimum Gasteiger partial charge on any atom is -0.487 e. The van der Waals surface area contributed by atoms with E-state index in [0.717, 1.165) is 11.1 Å². The van der Waals surface area contributed by atoms with Crippen LogP contribution in [0.4, 0.5) is 0 Å². The molecule has 0 saturated carbocycles. The molecule has 0 radical (unpaired) electrons. The summed E-state index contributed by atoms with van der Waals surface area (Å²) in [5.41, 5.74) is 2.68. The van der Waals surface area contributed by atoms with E-state index in [4.69, 9.17) is 21.2 Å². The van der Waals surface area contributed by atoms with Crippen molar-refractivity contribution in [1.82, 2.24) is 5.32 Å². The molecule has 24 heavy (non-hydrogen) atoms. The van der Waals surface area contributed by atoms with Gasteiger partial charge in [0.05, 0.1) is 5.02 Å². The predicted molar refractivity (Wildman–Crippen MR) is 94.6 cm³/mol. The van der Waals surface area contributed by atoms with Crippen molar-refractivity contribution in [3.63, 3.8) is 0 Å². The van der Waals surface area contributed by atoms with Crippen LogP contribution in [0.2, 0.25) is 5.02 Å². The third kappa shape index (κ3) is 4.26. The van der Waals surface area contributed by atoms with Crippen LogP contribution in [0.3, 0.4) is 0 Å². The van der Waals surface area contributed by atoms with Crippen LogP contribution in [0.15, 0.2) is 47.6 Å². The molecule has 0 fully saturated rings. The van der Waals surface area contributed by atoms with E-state index in [-0.39, 0.29) is 18.2 Å². The first-order chi connectivity index (χ1) is 11.6. The number of oxime groups is 1. The van der Waals surface area contributed by atoms with Gasteiger partial charge in [0.25, 0.3) is 5.91 Å². The third-order valence-electron chi connectivity index (χ3n) is 3.37. The second-order valence-electron chi connectivity index (χ2n) is 5.08. The number of carbonyl (C=O) groups is 1. The lowest BCUT2D eigenvalue weighted by Crippen LogP contribution is -2.29. The highest BCUT2D eigenvalue weighted by Crippen LogP contribution is 2.26. The molecular formula is C18H19ClN2O3. The summed E-state index contributed by atoms with van der Waals surface area (Å²) in [5, 5.41) is 6.93. The molecule has 0 aliphatic rings. The van der Waals surface area contributed by atoms with Crippen LogP contribution in [-0.2, 0) is 16.2 Å². The number of rotatable bonds is 6. The van der Waals surface area contributed by atoms with Crippen LogP contribution in [0.25, 0.3) is 0 Å². The number of benzene rings is 2. The van der Waals surface area contributed by atoms with Crippen LogP contribution < -0.4 is 10.1 Å². The number of nitrogens with zero attached hydrogens (tertiary/aromatic N) is 1. The number of nitrogens with one attached hydrogen (secondary N) is 1. The quantitative estimate of drug-likeness (QED) is 0.644. The highest BCUT2D eigenvalue weighted by Gasteiger charge is 2.17. The SMILES string of the molecule is CNC(=O)/C(=N/OC)c1ccccc1COc1cc(C)ccc1Cl. The van der Waals surface area contributed by atoms with E-state index in [1.807, 2.05) is 37.3 Å². The number of likely N-dealkylation sites (N-methyl/N-ethyl adjacent to an activating group) is 1. The van der Waals surface area contributed by atoms with E-state index in [9.17, 15) is 4.79 Å². The fraction of sp³-hybridized carbons (Fsp3) is 0.222. The molecule has 5 nitrogen and oxygen atoms in total. The van der Waals surface area contributed by atoms with Crippen LogP contribution in [0.5, 0.6) is 5.75 Å². The van der Waals surface area contributed by atoms with Gasteiger partial charge in [0, 0.05) is 12.6 Å². The minimum atomic E-state index is -0.335. The van der Waals surface area contributed by atoms with Gasteiger partial charge in [0.2, 0.25) is 0 Å². The summed E-state index contributed by atoms with van der Waals surface area (Å²) < 4.78 is 5.83. The van der Waals surface area contributed by atoms with E-state index < -0.39 is 0 Å². The van der Waals surface area contributed by atoms with Gasteiger partial charge in [-0.2, -0.15) is 0 Å². The van der Waals surface area contributed by atoms with E-state index in [2.05, 4.69) is 10.5 Å². The zero-order valence-electron chi connectivity index (χ0n) is 13.8. The number of halogens is 1. The summed E-state index contributed by atoms with van der Waals surface area (Å²) in [6.07, 6.45) is 0. The Kier molecular flexibility index (Phi) is 6.21. The number of hydrogen-bond acceptors (Lipinski definition) is 4. The van der Waals surface area contributed by atoms with E-state index in [1.165, 1.54) is 7.11 Å². The molecule has 0 atom stereocenters. The Labute approximate surface area is 146 Å². The van der Waals surface area contributed by atoms with Gasteiger partial charge in [-0.1, -0.05) is 47.1 Å². The molecule has 0 saturated heterocycles. The third-order valence-corrected chi connectivity index (χ3v) is 3.68. The first kappa shape index (κ1) is 17.8. The van der Waals surface area contributed by atoms with Crippen molar-refractivity contribution < 1.29 is 14.4 Å². The minimum absolute atomic E-state index is 0.189. The van der Waals surface area contributed by atoms with Crippen molar-refractivity contribution in [2.24, 2.45) is 5.16 Å². The van der Waals surface area contributed by atoms with Gasteiger partial charge in [0.15, 0.2) is 5.71 Å². The molecule has 0 aliphatic carbocycles. The highest BCUT2D eigenvalue weighted by molar-refractivity contribution is 6.45. The summed E-state index contributed by atoms with van der Waals surface area (Å²) >= 11 is 6.15. The van der Waals surface area contributed by atoms with Crippen LogP contribution in [-0.4, -0.2) is 25.8 Å². The average Bonchev–Trinajstić information content (AvgIpc) is 2.60. The molecule has 0 aromatic heterocycles. The Balaban J connectivity index is 2.30. The molecule has 1 amide bonds.